The fourth-order valence-corrected chi connectivity index (χ4v) is 0.680. The summed E-state index contributed by atoms with van der Waals surface area (Å²) in [6.07, 6.45) is 0.761. The Morgan fingerprint density at radius 3 is 2.20 bits per heavy atom. The van der Waals surface area contributed by atoms with E-state index in [0.717, 1.165) is 6.42 Å². The van der Waals surface area contributed by atoms with Crippen molar-refractivity contribution in [2.45, 2.75) is 20.3 Å². The van der Waals surface area contributed by atoms with E-state index in [0.29, 0.717) is 26.4 Å². The van der Waals surface area contributed by atoms with Crippen LogP contribution in [0, 0.1) is 0 Å². The van der Waals surface area contributed by atoms with Crippen molar-refractivity contribution in [1.29, 1.82) is 0 Å². The molecule has 0 radical (unpaired) electrons. The van der Waals surface area contributed by atoms with Crippen LogP contribution < -0.4 is 5.73 Å². The first-order valence-electron chi connectivity index (χ1n) is 5.20. The summed E-state index contributed by atoms with van der Waals surface area (Å²) in [6.45, 7) is 6.28. The molecule has 0 bridgehead atoms. The molecule has 15 heavy (non-hydrogen) atoms. The van der Waals surface area contributed by atoms with Gasteiger partial charge >= 0.3 is 0 Å². The molecule has 0 unspecified atom stereocenters. The van der Waals surface area contributed by atoms with Crippen LogP contribution in [-0.2, 0) is 19.0 Å². The lowest BCUT2D eigenvalue weighted by molar-refractivity contribution is -0.122. The van der Waals surface area contributed by atoms with Gasteiger partial charge in [-0.25, -0.2) is 0 Å². The number of methoxy groups -OCH3 is 1. The molecule has 1 amide bonds. The van der Waals surface area contributed by atoms with Crippen LogP contribution in [0.25, 0.3) is 0 Å². The standard InChI is InChI=1S/C8H17NO4.C2H6/c1-11-5-6-12-3-2-4-13-7-8(9)10;1-2/h2-7H2,1H3,(H2,9,10);1-2H3. The van der Waals surface area contributed by atoms with Crippen molar-refractivity contribution in [1.82, 2.24) is 0 Å². The Hall–Kier alpha value is -0.650. The van der Waals surface area contributed by atoms with E-state index in [1.54, 1.807) is 7.11 Å². The van der Waals surface area contributed by atoms with E-state index >= 15 is 0 Å². The van der Waals surface area contributed by atoms with Gasteiger partial charge in [0, 0.05) is 20.3 Å². The van der Waals surface area contributed by atoms with Gasteiger partial charge in [-0.2, -0.15) is 0 Å². The first-order valence-corrected chi connectivity index (χ1v) is 5.20. The predicted octanol–water partition coefficient (Wildman–Crippen LogP) is 0.568. The van der Waals surface area contributed by atoms with Crippen LogP contribution in [0.1, 0.15) is 20.3 Å². The molecule has 0 fully saturated rings. The van der Waals surface area contributed by atoms with Gasteiger partial charge in [0.05, 0.1) is 13.2 Å². The summed E-state index contributed by atoms with van der Waals surface area (Å²) < 4.78 is 14.9. The summed E-state index contributed by atoms with van der Waals surface area (Å²) >= 11 is 0. The highest BCUT2D eigenvalue weighted by Crippen LogP contribution is 1.85. The minimum atomic E-state index is -0.444. The molecule has 0 aromatic carbocycles. The Balaban J connectivity index is 0. The van der Waals surface area contributed by atoms with Crippen molar-refractivity contribution in [2.24, 2.45) is 5.73 Å². The average Bonchev–Trinajstić information content (AvgIpc) is 2.24. The third-order valence-corrected chi connectivity index (χ3v) is 1.25. The maximum Gasteiger partial charge on any atom is 0.243 e. The van der Waals surface area contributed by atoms with E-state index < -0.39 is 5.91 Å². The van der Waals surface area contributed by atoms with Crippen LogP contribution in [0.3, 0.4) is 0 Å². The number of nitrogens with two attached hydrogens (primary N) is 1. The second-order valence-corrected chi connectivity index (χ2v) is 2.48. The third kappa shape index (κ3) is 19.7. The van der Waals surface area contributed by atoms with E-state index in [-0.39, 0.29) is 6.61 Å². The zero-order valence-corrected chi connectivity index (χ0v) is 9.95. The molecule has 0 aromatic heterocycles. The van der Waals surface area contributed by atoms with Crippen molar-refractivity contribution < 1.29 is 19.0 Å². The number of carbonyl (C=O) groups excluding carboxylic acids is 1. The SMILES string of the molecule is CC.COCCOCCCOCC(N)=O. The molecule has 0 aliphatic heterocycles. The fraction of sp³-hybridized carbons (Fsp3) is 0.900. The maximum absolute atomic E-state index is 10.2. The fourth-order valence-electron chi connectivity index (χ4n) is 0.680. The predicted molar refractivity (Wildman–Crippen MR) is 58.7 cm³/mol. The molecular weight excluding hydrogens is 198 g/mol. The quantitative estimate of drug-likeness (QED) is 0.578. The molecule has 0 spiro atoms. The van der Waals surface area contributed by atoms with Crippen LogP contribution in [0.2, 0.25) is 0 Å². The van der Waals surface area contributed by atoms with Gasteiger partial charge in [-0.1, -0.05) is 13.8 Å². The monoisotopic (exact) mass is 221 g/mol. The highest BCUT2D eigenvalue weighted by atomic mass is 16.5. The molecule has 0 atom stereocenters. The zero-order valence-electron chi connectivity index (χ0n) is 9.95. The van der Waals surface area contributed by atoms with Crippen molar-refractivity contribution in [2.75, 3.05) is 40.1 Å². The summed E-state index contributed by atoms with van der Waals surface area (Å²) in [6, 6.07) is 0. The van der Waals surface area contributed by atoms with E-state index in [1.807, 2.05) is 13.8 Å². The average molecular weight is 221 g/mol. The van der Waals surface area contributed by atoms with Gasteiger partial charge < -0.3 is 19.9 Å². The van der Waals surface area contributed by atoms with Crippen LogP contribution in [0.5, 0.6) is 0 Å². The number of hydrogen-bond donors (Lipinski definition) is 1. The molecule has 0 saturated carbocycles. The number of carbonyl (C=O) groups is 1. The van der Waals surface area contributed by atoms with Gasteiger partial charge in [0.15, 0.2) is 0 Å². The third-order valence-electron chi connectivity index (χ3n) is 1.25. The minimum Gasteiger partial charge on any atom is -0.382 e. The first-order chi connectivity index (χ1) is 7.27. The zero-order chi connectivity index (χ0) is 11.9. The number of rotatable bonds is 9. The Morgan fingerprint density at radius 1 is 1.07 bits per heavy atom. The summed E-state index contributed by atoms with van der Waals surface area (Å²) in [5.41, 5.74) is 4.86. The van der Waals surface area contributed by atoms with Gasteiger partial charge in [0.1, 0.15) is 6.61 Å². The van der Waals surface area contributed by atoms with Gasteiger partial charge in [-0.05, 0) is 6.42 Å². The Labute approximate surface area is 91.9 Å². The van der Waals surface area contributed by atoms with Crippen LogP contribution in [0.15, 0.2) is 0 Å². The highest BCUT2D eigenvalue weighted by molar-refractivity contribution is 5.74. The number of primary amides is 1. The highest BCUT2D eigenvalue weighted by Gasteiger charge is 1.93. The van der Waals surface area contributed by atoms with E-state index in [4.69, 9.17) is 19.9 Å². The van der Waals surface area contributed by atoms with Crippen LogP contribution in [-0.4, -0.2) is 46.1 Å². The Kier molecular flexibility index (Phi) is 17.7. The molecule has 2 N–H and O–H groups in total. The van der Waals surface area contributed by atoms with E-state index in [1.165, 1.54) is 0 Å². The van der Waals surface area contributed by atoms with Crippen molar-refractivity contribution >= 4 is 5.91 Å². The molecule has 0 aliphatic rings. The summed E-state index contributed by atoms with van der Waals surface area (Å²) in [4.78, 5) is 10.2. The maximum atomic E-state index is 10.2. The summed E-state index contributed by atoms with van der Waals surface area (Å²) in [5.74, 6) is -0.444. The van der Waals surface area contributed by atoms with Crippen LogP contribution >= 0.6 is 0 Å². The lowest BCUT2D eigenvalue weighted by Gasteiger charge is -2.03. The molecule has 0 heterocycles. The number of amides is 1. The largest absolute Gasteiger partial charge is 0.382 e. The molecular formula is C10H23NO4. The van der Waals surface area contributed by atoms with E-state index in [9.17, 15) is 4.79 Å². The second-order valence-electron chi connectivity index (χ2n) is 2.48. The molecule has 5 heteroatoms. The van der Waals surface area contributed by atoms with Crippen LogP contribution in [0.4, 0.5) is 0 Å². The lowest BCUT2D eigenvalue weighted by Crippen LogP contribution is -2.18. The smallest absolute Gasteiger partial charge is 0.243 e. The van der Waals surface area contributed by atoms with Crippen molar-refractivity contribution in [3.05, 3.63) is 0 Å². The summed E-state index contributed by atoms with van der Waals surface area (Å²) in [5, 5.41) is 0. The molecule has 0 saturated heterocycles. The van der Waals surface area contributed by atoms with Gasteiger partial charge in [0.2, 0.25) is 5.91 Å². The molecule has 5 nitrogen and oxygen atoms in total. The van der Waals surface area contributed by atoms with E-state index in [2.05, 4.69) is 0 Å². The van der Waals surface area contributed by atoms with Gasteiger partial charge in [-0.3, -0.25) is 4.79 Å². The molecule has 0 aliphatic carbocycles. The first kappa shape index (κ1) is 16.8. The molecule has 92 valence electrons. The topological polar surface area (TPSA) is 70.8 Å². The Bertz CT molecular complexity index is 131. The summed E-state index contributed by atoms with van der Waals surface area (Å²) in [7, 11) is 1.62. The number of ether oxygens (including phenoxy) is 3. The number of hydrogen-bond acceptors (Lipinski definition) is 4. The van der Waals surface area contributed by atoms with Gasteiger partial charge in [0.25, 0.3) is 0 Å². The van der Waals surface area contributed by atoms with Crippen molar-refractivity contribution in [3.63, 3.8) is 0 Å². The lowest BCUT2D eigenvalue weighted by atomic mass is 10.5. The second kappa shape index (κ2) is 15.8. The Morgan fingerprint density at radius 2 is 1.67 bits per heavy atom. The molecule has 0 aromatic rings. The molecule has 0 rings (SSSR count). The van der Waals surface area contributed by atoms with Gasteiger partial charge in [-0.15, -0.1) is 0 Å². The normalized spacial score (nSPS) is 9.27. The van der Waals surface area contributed by atoms with Crippen molar-refractivity contribution in [3.8, 4) is 0 Å². The minimum absolute atomic E-state index is 0.0158.